The summed E-state index contributed by atoms with van der Waals surface area (Å²) in [6.07, 6.45) is 0. The van der Waals surface area contributed by atoms with Crippen molar-refractivity contribution in [3.8, 4) is 0 Å². The molecule has 0 aliphatic carbocycles. The van der Waals surface area contributed by atoms with Crippen molar-refractivity contribution < 1.29 is 4.79 Å². The molecule has 1 aliphatic rings. The number of carbonyl (C=O) groups excluding carboxylic acids is 1. The van der Waals surface area contributed by atoms with E-state index in [-0.39, 0.29) is 5.91 Å². The first-order valence-electron chi connectivity index (χ1n) is 9.57. The lowest BCUT2D eigenvalue weighted by atomic mass is 10.1. The van der Waals surface area contributed by atoms with Crippen LogP contribution in [0.3, 0.4) is 0 Å². The Balaban J connectivity index is 1.47. The van der Waals surface area contributed by atoms with E-state index in [9.17, 15) is 4.79 Å². The molecule has 0 atom stereocenters. The predicted molar refractivity (Wildman–Crippen MR) is 113 cm³/mol. The average molecular weight is 375 g/mol. The van der Waals surface area contributed by atoms with Crippen LogP contribution in [-0.4, -0.2) is 61.0 Å². The van der Waals surface area contributed by atoms with Gasteiger partial charge in [0.25, 0.3) is 5.91 Å². The smallest absolute Gasteiger partial charge is 0.253 e. The molecule has 1 amide bonds. The maximum absolute atomic E-state index is 13.0. The Labute approximate surface area is 165 Å². The third kappa shape index (κ3) is 3.63. The van der Waals surface area contributed by atoms with E-state index in [1.165, 1.54) is 0 Å². The number of aryl methyl sites for hydroxylation is 1. The maximum atomic E-state index is 13.0. The van der Waals surface area contributed by atoms with Gasteiger partial charge in [0.05, 0.1) is 0 Å². The van der Waals surface area contributed by atoms with Gasteiger partial charge in [-0.1, -0.05) is 30.3 Å². The Morgan fingerprint density at radius 1 is 0.929 bits per heavy atom. The summed E-state index contributed by atoms with van der Waals surface area (Å²) >= 11 is 0. The Morgan fingerprint density at radius 3 is 2.36 bits per heavy atom. The molecule has 3 aromatic rings. The Kier molecular flexibility index (Phi) is 4.86. The molecule has 0 unspecified atom stereocenters. The molecule has 6 heteroatoms. The fourth-order valence-corrected chi connectivity index (χ4v) is 3.57. The molecule has 1 aromatic heterocycles. The summed E-state index contributed by atoms with van der Waals surface area (Å²) in [6.45, 7) is 4.82. The first kappa shape index (κ1) is 18.2. The topological polar surface area (TPSA) is 52.6 Å². The predicted octanol–water partition coefficient (Wildman–Crippen LogP) is 2.97. The SMILES string of the molecule is Cc1nc(N(C)C)cc(N2CCN(C(=O)c3ccc4ccccc4c3)CC2)n1. The van der Waals surface area contributed by atoms with Crippen LogP contribution < -0.4 is 9.80 Å². The standard InChI is InChI=1S/C22H25N5O/c1-16-23-20(25(2)3)15-21(24-16)26-10-12-27(13-11-26)22(28)19-9-8-17-6-4-5-7-18(17)14-19/h4-9,14-15H,10-13H2,1-3H3. The summed E-state index contributed by atoms with van der Waals surface area (Å²) in [6, 6.07) is 16.1. The van der Waals surface area contributed by atoms with E-state index in [1.54, 1.807) is 0 Å². The molecule has 0 saturated carbocycles. The number of aromatic nitrogens is 2. The summed E-state index contributed by atoms with van der Waals surface area (Å²) < 4.78 is 0. The molecule has 0 N–H and O–H groups in total. The van der Waals surface area contributed by atoms with Crippen molar-refractivity contribution >= 4 is 28.3 Å². The lowest BCUT2D eigenvalue weighted by Crippen LogP contribution is -2.49. The third-order valence-corrected chi connectivity index (χ3v) is 5.16. The first-order chi connectivity index (χ1) is 13.5. The van der Waals surface area contributed by atoms with Crippen LogP contribution in [0.15, 0.2) is 48.5 Å². The normalized spacial score (nSPS) is 14.4. The minimum Gasteiger partial charge on any atom is -0.363 e. The van der Waals surface area contributed by atoms with Crippen LogP contribution in [-0.2, 0) is 0 Å². The van der Waals surface area contributed by atoms with E-state index in [4.69, 9.17) is 0 Å². The molecule has 4 rings (SSSR count). The van der Waals surface area contributed by atoms with Crippen molar-refractivity contribution in [3.63, 3.8) is 0 Å². The van der Waals surface area contributed by atoms with Gasteiger partial charge in [-0.3, -0.25) is 4.79 Å². The van der Waals surface area contributed by atoms with Gasteiger partial charge in [0.1, 0.15) is 17.5 Å². The van der Waals surface area contributed by atoms with Gasteiger partial charge < -0.3 is 14.7 Å². The van der Waals surface area contributed by atoms with Crippen molar-refractivity contribution in [2.75, 3.05) is 50.1 Å². The molecule has 1 aliphatic heterocycles. The van der Waals surface area contributed by atoms with E-state index in [0.29, 0.717) is 13.1 Å². The fourth-order valence-electron chi connectivity index (χ4n) is 3.57. The number of benzene rings is 2. The highest BCUT2D eigenvalue weighted by molar-refractivity contribution is 5.98. The zero-order chi connectivity index (χ0) is 19.7. The highest BCUT2D eigenvalue weighted by Gasteiger charge is 2.23. The summed E-state index contributed by atoms with van der Waals surface area (Å²) in [4.78, 5) is 28.1. The van der Waals surface area contributed by atoms with Crippen LogP contribution in [0.2, 0.25) is 0 Å². The molecule has 144 valence electrons. The number of anilines is 2. The first-order valence-corrected chi connectivity index (χ1v) is 9.57. The lowest BCUT2D eigenvalue weighted by Gasteiger charge is -2.35. The summed E-state index contributed by atoms with van der Waals surface area (Å²) in [5, 5.41) is 2.25. The van der Waals surface area contributed by atoms with Gasteiger partial charge >= 0.3 is 0 Å². The number of hydrogen-bond donors (Lipinski definition) is 0. The molecule has 0 spiro atoms. The summed E-state index contributed by atoms with van der Waals surface area (Å²) in [5.41, 5.74) is 0.750. The fraction of sp³-hybridized carbons (Fsp3) is 0.318. The zero-order valence-corrected chi connectivity index (χ0v) is 16.6. The number of fused-ring (bicyclic) bond motifs is 1. The largest absolute Gasteiger partial charge is 0.363 e. The molecule has 0 bridgehead atoms. The molecular weight excluding hydrogens is 350 g/mol. The minimum absolute atomic E-state index is 0.0956. The van der Waals surface area contributed by atoms with Gasteiger partial charge in [-0.05, 0) is 29.8 Å². The van der Waals surface area contributed by atoms with Crippen LogP contribution in [0.1, 0.15) is 16.2 Å². The minimum atomic E-state index is 0.0956. The molecule has 0 radical (unpaired) electrons. The van der Waals surface area contributed by atoms with Crippen molar-refractivity contribution in [2.24, 2.45) is 0 Å². The van der Waals surface area contributed by atoms with Gasteiger partial charge in [0, 0.05) is 51.9 Å². The van der Waals surface area contributed by atoms with Crippen LogP contribution in [0.25, 0.3) is 10.8 Å². The highest BCUT2D eigenvalue weighted by Crippen LogP contribution is 2.21. The van der Waals surface area contributed by atoms with Crippen LogP contribution in [0.4, 0.5) is 11.6 Å². The number of hydrogen-bond acceptors (Lipinski definition) is 5. The summed E-state index contributed by atoms with van der Waals surface area (Å²) in [7, 11) is 3.96. The van der Waals surface area contributed by atoms with E-state index in [0.717, 1.165) is 46.9 Å². The Morgan fingerprint density at radius 2 is 1.64 bits per heavy atom. The molecule has 2 heterocycles. The lowest BCUT2D eigenvalue weighted by molar-refractivity contribution is 0.0746. The van der Waals surface area contributed by atoms with Gasteiger partial charge in [0.15, 0.2) is 0 Å². The van der Waals surface area contributed by atoms with Gasteiger partial charge in [-0.25, -0.2) is 9.97 Å². The van der Waals surface area contributed by atoms with E-state index >= 15 is 0 Å². The second kappa shape index (κ2) is 7.46. The summed E-state index contributed by atoms with van der Waals surface area (Å²) in [5.74, 6) is 2.68. The van der Waals surface area contributed by atoms with Crippen LogP contribution >= 0.6 is 0 Å². The van der Waals surface area contributed by atoms with Gasteiger partial charge in [0.2, 0.25) is 0 Å². The third-order valence-electron chi connectivity index (χ3n) is 5.16. The number of amides is 1. The average Bonchev–Trinajstić information content (AvgIpc) is 2.72. The molecule has 1 saturated heterocycles. The molecule has 6 nitrogen and oxygen atoms in total. The zero-order valence-electron chi connectivity index (χ0n) is 16.6. The maximum Gasteiger partial charge on any atom is 0.253 e. The van der Waals surface area contributed by atoms with E-state index < -0.39 is 0 Å². The van der Waals surface area contributed by atoms with Crippen molar-refractivity contribution in [1.29, 1.82) is 0 Å². The molecule has 2 aromatic carbocycles. The van der Waals surface area contributed by atoms with Crippen LogP contribution in [0.5, 0.6) is 0 Å². The van der Waals surface area contributed by atoms with Gasteiger partial charge in [-0.15, -0.1) is 0 Å². The van der Waals surface area contributed by atoms with Crippen molar-refractivity contribution in [3.05, 3.63) is 59.9 Å². The Bertz CT molecular complexity index is 1010. The molecular formula is C22H25N5O. The second-order valence-corrected chi connectivity index (χ2v) is 7.37. The highest BCUT2D eigenvalue weighted by atomic mass is 16.2. The number of carbonyl (C=O) groups is 1. The van der Waals surface area contributed by atoms with E-state index in [2.05, 4.69) is 20.9 Å². The monoisotopic (exact) mass is 375 g/mol. The second-order valence-electron chi connectivity index (χ2n) is 7.37. The number of nitrogens with zero attached hydrogens (tertiary/aromatic N) is 5. The Hall–Kier alpha value is -3.15. The van der Waals surface area contributed by atoms with Gasteiger partial charge in [-0.2, -0.15) is 0 Å². The van der Waals surface area contributed by atoms with Crippen molar-refractivity contribution in [2.45, 2.75) is 6.92 Å². The van der Waals surface area contributed by atoms with E-state index in [1.807, 2.05) is 73.3 Å². The molecule has 28 heavy (non-hydrogen) atoms. The quantitative estimate of drug-likeness (QED) is 0.704. The number of rotatable bonds is 3. The van der Waals surface area contributed by atoms with Crippen LogP contribution in [0, 0.1) is 6.92 Å². The number of piperazine rings is 1. The van der Waals surface area contributed by atoms with Crippen molar-refractivity contribution in [1.82, 2.24) is 14.9 Å². The molecule has 1 fully saturated rings.